The highest BCUT2D eigenvalue weighted by Gasteiger charge is 2.25. The lowest BCUT2D eigenvalue weighted by molar-refractivity contribution is -0.146. The van der Waals surface area contributed by atoms with Crippen LogP contribution in [0.4, 0.5) is 0 Å². The highest BCUT2D eigenvalue weighted by Crippen LogP contribution is 2.12. The van der Waals surface area contributed by atoms with E-state index in [4.69, 9.17) is 5.11 Å². The maximum Gasteiger partial charge on any atom is 0.310 e. The molecule has 0 fully saturated rings. The Bertz CT molecular complexity index is 203. The summed E-state index contributed by atoms with van der Waals surface area (Å²) in [6, 6.07) is 0. The predicted molar refractivity (Wildman–Crippen MR) is 53.7 cm³/mol. The summed E-state index contributed by atoms with van der Waals surface area (Å²) in [6.45, 7) is 8.69. The van der Waals surface area contributed by atoms with Crippen molar-refractivity contribution >= 4 is 5.97 Å². The van der Waals surface area contributed by atoms with Crippen LogP contribution >= 0.6 is 0 Å². The van der Waals surface area contributed by atoms with Crippen LogP contribution in [0.5, 0.6) is 0 Å². The molecule has 0 aromatic rings. The van der Waals surface area contributed by atoms with Crippen molar-refractivity contribution in [2.24, 2.45) is 5.41 Å². The van der Waals surface area contributed by atoms with E-state index in [1.807, 2.05) is 19.9 Å². The van der Waals surface area contributed by atoms with Crippen LogP contribution in [0.1, 0.15) is 27.7 Å². The molecule has 0 aliphatic carbocycles. The third kappa shape index (κ3) is 5.42. The molecule has 0 saturated carbocycles. The van der Waals surface area contributed by atoms with Crippen LogP contribution in [0.25, 0.3) is 0 Å². The first-order chi connectivity index (χ1) is 5.86. The molecule has 0 aromatic carbocycles. The SMILES string of the molecule is CC(C)=CCNCC(C)(C)C(=O)O. The minimum atomic E-state index is -0.766. The number of allylic oxidation sites excluding steroid dienone is 1. The van der Waals surface area contributed by atoms with Gasteiger partial charge in [0.1, 0.15) is 0 Å². The van der Waals surface area contributed by atoms with E-state index in [1.54, 1.807) is 13.8 Å². The van der Waals surface area contributed by atoms with Gasteiger partial charge in [0.2, 0.25) is 0 Å². The Labute approximate surface area is 79.8 Å². The number of hydrogen-bond donors (Lipinski definition) is 2. The second-order valence-corrected chi connectivity index (χ2v) is 4.10. The largest absolute Gasteiger partial charge is 0.481 e. The van der Waals surface area contributed by atoms with Crippen molar-refractivity contribution in [2.45, 2.75) is 27.7 Å². The summed E-state index contributed by atoms with van der Waals surface area (Å²) in [5.41, 5.74) is 0.552. The number of carbonyl (C=O) groups is 1. The molecule has 0 unspecified atom stereocenters. The predicted octanol–water partition coefficient (Wildman–Crippen LogP) is 1.65. The summed E-state index contributed by atoms with van der Waals surface area (Å²) < 4.78 is 0. The van der Waals surface area contributed by atoms with Crippen LogP contribution in [0.3, 0.4) is 0 Å². The Hall–Kier alpha value is -0.830. The molecule has 3 heteroatoms. The van der Waals surface area contributed by atoms with Crippen molar-refractivity contribution in [2.75, 3.05) is 13.1 Å². The van der Waals surface area contributed by atoms with E-state index in [0.29, 0.717) is 6.54 Å². The van der Waals surface area contributed by atoms with Crippen LogP contribution in [0.2, 0.25) is 0 Å². The topological polar surface area (TPSA) is 49.3 Å². The zero-order valence-electron chi connectivity index (χ0n) is 8.85. The molecule has 0 saturated heterocycles. The van der Waals surface area contributed by atoms with Gasteiger partial charge in [-0.1, -0.05) is 11.6 Å². The lowest BCUT2D eigenvalue weighted by Gasteiger charge is -2.18. The van der Waals surface area contributed by atoms with Crippen LogP contribution in [0.15, 0.2) is 11.6 Å². The molecule has 0 atom stereocenters. The van der Waals surface area contributed by atoms with E-state index in [1.165, 1.54) is 5.57 Å². The highest BCUT2D eigenvalue weighted by atomic mass is 16.4. The quantitative estimate of drug-likeness (QED) is 0.506. The summed E-state index contributed by atoms with van der Waals surface area (Å²) in [6.07, 6.45) is 2.04. The zero-order chi connectivity index (χ0) is 10.5. The van der Waals surface area contributed by atoms with Gasteiger partial charge in [-0.15, -0.1) is 0 Å². The van der Waals surface area contributed by atoms with Gasteiger partial charge in [-0.05, 0) is 27.7 Å². The fourth-order valence-corrected chi connectivity index (χ4v) is 0.737. The first-order valence-electron chi connectivity index (χ1n) is 4.44. The smallest absolute Gasteiger partial charge is 0.310 e. The minimum absolute atomic E-state index is 0.492. The molecule has 0 heterocycles. The second-order valence-electron chi connectivity index (χ2n) is 4.10. The standard InChI is InChI=1S/C10H19NO2/c1-8(2)5-6-11-7-10(3,4)9(12)13/h5,11H,6-7H2,1-4H3,(H,12,13). The van der Waals surface area contributed by atoms with E-state index < -0.39 is 11.4 Å². The summed E-state index contributed by atoms with van der Waals surface area (Å²) in [7, 11) is 0. The molecular formula is C10H19NO2. The summed E-state index contributed by atoms with van der Waals surface area (Å²) >= 11 is 0. The number of carboxylic acids is 1. The summed E-state index contributed by atoms with van der Waals surface area (Å²) in [5.74, 6) is -0.766. The van der Waals surface area contributed by atoms with Gasteiger partial charge in [0.05, 0.1) is 5.41 Å². The van der Waals surface area contributed by atoms with Crippen molar-refractivity contribution < 1.29 is 9.90 Å². The average molecular weight is 185 g/mol. The Morgan fingerprint density at radius 2 is 2.00 bits per heavy atom. The summed E-state index contributed by atoms with van der Waals surface area (Å²) in [4.78, 5) is 10.7. The van der Waals surface area contributed by atoms with E-state index in [9.17, 15) is 4.79 Å². The fraction of sp³-hybridized carbons (Fsp3) is 0.700. The Morgan fingerprint density at radius 3 is 2.38 bits per heavy atom. The molecular weight excluding hydrogens is 166 g/mol. The average Bonchev–Trinajstić information content (AvgIpc) is 1.97. The minimum Gasteiger partial charge on any atom is -0.481 e. The number of nitrogens with one attached hydrogen (secondary N) is 1. The first kappa shape index (κ1) is 12.2. The molecule has 0 spiro atoms. The third-order valence-electron chi connectivity index (χ3n) is 1.80. The zero-order valence-corrected chi connectivity index (χ0v) is 8.85. The number of hydrogen-bond acceptors (Lipinski definition) is 2. The molecule has 0 rings (SSSR count). The molecule has 2 N–H and O–H groups in total. The monoisotopic (exact) mass is 185 g/mol. The fourth-order valence-electron chi connectivity index (χ4n) is 0.737. The van der Waals surface area contributed by atoms with Crippen molar-refractivity contribution in [1.82, 2.24) is 5.32 Å². The Kier molecular flexibility index (Phi) is 4.70. The molecule has 0 radical (unpaired) electrons. The van der Waals surface area contributed by atoms with Crippen LogP contribution in [-0.2, 0) is 4.79 Å². The number of aliphatic carboxylic acids is 1. The van der Waals surface area contributed by atoms with Crippen LogP contribution < -0.4 is 5.32 Å². The second kappa shape index (κ2) is 5.02. The van der Waals surface area contributed by atoms with Gasteiger partial charge < -0.3 is 10.4 Å². The first-order valence-corrected chi connectivity index (χ1v) is 4.44. The van der Waals surface area contributed by atoms with Crippen molar-refractivity contribution in [1.29, 1.82) is 0 Å². The molecule has 76 valence electrons. The van der Waals surface area contributed by atoms with E-state index in [0.717, 1.165) is 6.54 Å². The van der Waals surface area contributed by atoms with Gasteiger partial charge in [-0.3, -0.25) is 4.79 Å². The molecule has 0 aliphatic heterocycles. The molecule has 0 aromatic heterocycles. The molecule has 13 heavy (non-hydrogen) atoms. The van der Waals surface area contributed by atoms with Crippen molar-refractivity contribution in [3.05, 3.63) is 11.6 Å². The number of carboxylic acid groups (broad SMARTS) is 1. The van der Waals surface area contributed by atoms with Crippen molar-refractivity contribution in [3.8, 4) is 0 Å². The van der Waals surface area contributed by atoms with Gasteiger partial charge in [0, 0.05) is 13.1 Å². The van der Waals surface area contributed by atoms with E-state index >= 15 is 0 Å². The van der Waals surface area contributed by atoms with E-state index in [2.05, 4.69) is 5.32 Å². The van der Waals surface area contributed by atoms with Gasteiger partial charge in [0.25, 0.3) is 0 Å². The maximum absolute atomic E-state index is 10.7. The van der Waals surface area contributed by atoms with Crippen LogP contribution in [-0.4, -0.2) is 24.2 Å². The normalized spacial score (nSPS) is 11.1. The number of rotatable bonds is 5. The molecule has 3 nitrogen and oxygen atoms in total. The molecule has 0 amide bonds. The van der Waals surface area contributed by atoms with Gasteiger partial charge in [-0.2, -0.15) is 0 Å². The van der Waals surface area contributed by atoms with Crippen LogP contribution in [0, 0.1) is 5.41 Å². The van der Waals surface area contributed by atoms with Gasteiger partial charge in [0.15, 0.2) is 0 Å². The lowest BCUT2D eigenvalue weighted by atomic mass is 9.94. The van der Waals surface area contributed by atoms with Crippen molar-refractivity contribution in [3.63, 3.8) is 0 Å². The van der Waals surface area contributed by atoms with Gasteiger partial charge >= 0.3 is 5.97 Å². The van der Waals surface area contributed by atoms with E-state index in [-0.39, 0.29) is 0 Å². The van der Waals surface area contributed by atoms with Gasteiger partial charge in [-0.25, -0.2) is 0 Å². The third-order valence-corrected chi connectivity index (χ3v) is 1.80. The highest BCUT2D eigenvalue weighted by molar-refractivity contribution is 5.73. The maximum atomic E-state index is 10.7. The Morgan fingerprint density at radius 1 is 1.46 bits per heavy atom. The Balaban J connectivity index is 3.77. The molecule has 0 bridgehead atoms. The molecule has 0 aliphatic rings. The lowest BCUT2D eigenvalue weighted by Crippen LogP contribution is -2.36. The summed E-state index contributed by atoms with van der Waals surface area (Å²) in [5, 5.41) is 11.9.